The van der Waals surface area contributed by atoms with Gasteiger partial charge in [0.15, 0.2) is 0 Å². The monoisotopic (exact) mass is 244 g/mol. The molecule has 0 saturated heterocycles. The molecule has 0 aromatic heterocycles. The van der Waals surface area contributed by atoms with E-state index in [0.29, 0.717) is 6.42 Å². The van der Waals surface area contributed by atoms with Gasteiger partial charge in [-0.1, -0.05) is 19.8 Å². The standard InChI is InChI=1S/C11H20N2O4/c1-3-4-5-6-9(14)12-7-10(15)13-8(2)11(16)17/h8H,3-7H2,1-2H3,(H,12,14)(H,13,15)(H,16,17)/t8-/m0/s1. The summed E-state index contributed by atoms with van der Waals surface area (Å²) >= 11 is 0. The summed E-state index contributed by atoms with van der Waals surface area (Å²) in [5, 5.41) is 13.2. The van der Waals surface area contributed by atoms with E-state index in [-0.39, 0.29) is 12.5 Å². The van der Waals surface area contributed by atoms with Crippen molar-refractivity contribution in [3.8, 4) is 0 Å². The maximum Gasteiger partial charge on any atom is 0.325 e. The van der Waals surface area contributed by atoms with E-state index in [1.54, 1.807) is 0 Å². The Bertz CT molecular complexity index is 279. The molecule has 6 nitrogen and oxygen atoms in total. The Hall–Kier alpha value is -1.59. The molecule has 0 bridgehead atoms. The highest BCUT2D eigenvalue weighted by molar-refractivity contribution is 5.87. The summed E-state index contributed by atoms with van der Waals surface area (Å²) in [5.41, 5.74) is 0. The zero-order chi connectivity index (χ0) is 13.3. The summed E-state index contributed by atoms with van der Waals surface area (Å²) in [7, 11) is 0. The normalized spacial score (nSPS) is 11.6. The molecule has 6 heteroatoms. The maximum atomic E-state index is 11.2. The SMILES string of the molecule is CCCCCC(=O)NCC(=O)N[C@@H](C)C(=O)O. The lowest BCUT2D eigenvalue weighted by atomic mass is 10.2. The average molecular weight is 244 g/mol. The highest BCUT2D eigenvalue weighted by atomic mass is 16.4. The molecule has 98 valence electrons. The number of carbonyl (C=O) groups excluding carboxylic acids is 2. The minimum Gasteiger partial charge on any atom is -0.480 e. The van der Waals surface area contributed by atoms with Crippen molar-refractivity contribution in [2.75, 3.05) is 6.54 Å². The van der Waals surface area contributed by atoms with E-state index in [4.69, 9.17) is 5.11 Å². The van der Waals surface area contributed by atoms with Crippen LogP contribution >= 0.6 is 0 Å². The number of hydrogen-bond acceptors (Lipinski definition) is 3. The number of amides is 2. The van der Waals surface area contributed by atoms with Crippen molar-refractivity contribution < 1.29 is 19.5 Å². The lowest BCUT2D eigenvalue weighted by Gasteiger charge is -2.09. The second-order valence-electron chi connectivity index (χ2n) is 3.86. The van der Waals surface area contributed by atoms with Gasteiger partial charge in [0, 0.05) is 6.42 Å². The minimum atomic E-state index is -1.10. The molecule has 17 heavy (non-hydrogen) atoms. The predicted octanol–water partition coefficient (Wildman–Crippen LogP) is 0.272. The quantitative estimate of drug-likeness (QED) is 0.534. The summed E-state index contributed by atoms with van der Waals surface area (Å²) in [6.45, 7) is 3.23. The molecule has 0 aromatic carbocycles. The molecule has 0 saturated carbocycles. The maximum absolute atomic E-state index is 11.2. The zero-order valence-corrected chi connectivity index (χ0v) is 10.3. The molecule has 0 radical (unpaired) electrons. The number of carboxylic acids is 1. The van der Waals surface area contributed by atoms with Gasteiger partial charge in [0.25, 0.3) is 0 Å². The molecule has 0 heterocycles. The van der Waals surface area contributed by atoms with Crippen LogP contribution in [0.3, 0.4) is 0 Å². The Labute approximate surface area is 101 Å². The van der Waals surface area contributed by atoms with Crippen molar-refractivity contribution in [2.45, 2.75) is 45.6 Å². The van der Waals surface area contributed by atoms with E-state index < -0.39 is 17.9 Å². The van der Waals surface area contributed by atoms with Crippen LogP contribution in [0.25, 0.3) is 0 Å². The highest BCUT2D eigenvalue weighted by Gasteiger charge is 2.13. The number of rotatable bonds is 8. The van der Waals surface area contributed by atoms with Gasteiger partial charge in [-0.15, -0.1) is 0 Å². The molecule has 0 unspecified atom stereocenters. The fourth-order valence-electron chi connectivity index (χ4n) is 1.16. The molecule has 0 aliphatic heterocycles. The van der Waals surface area contributed by atoms with Crippen molar-refractivity contribution in [2.24, 2.45) is 0 Å². The third-order valence-corrected chi connectivity index (χ3v) is 2.20. The second kappa shape index (κ2) is 8.55. The Morgan fingerprint density at radius 3 is 2.35 bits per heavy atom. The van der Waals surface area contributed by atoms with Gasteiger partial charge in [0.05, 0.1) is 6.54 Å². The Morgan fingerprint density at radius 1 is 1.18 bits per heavy atom. The molecule has 3 N–H and O–H groups in total. The third-order valence-electron chi connectivity index (χ3n) is 2.20. The van der Waals surface area contributed by atoms with Gasteiger partial charge < -0.3 is 15.7 Å². The van der Waals surface area contributed by atoms with Crippen LogP contribution in [0.5, 0.6) is 0 Å². The first-order valence-electron chi connectivity index (χ1n) is 5.76. The molecule has 0 fully saturated rings. The fourth-order valence-corrected chi connectivity index (χ4v) is 1.16. The fraction of sp³-hybridized carbons (Fsp3) is 0.727. The van der Waals surface area contributed by atoms with Crippen LogP contribution in [0.1, 0.15) is 39.5 Å². The lowest BCUT2D eigenvalue weighted by Crippen LogP contribution is -2.43. The summed E-state index contributed by atoms with van der Waals surface area (Å²) < 4.78 is 0. The molecular formula is C11H20N2O4. The van der Waals surface area contributed by atoms with Crippen LogP contribution in [0.4, 0.5) is 0 Å². The van der Waals surface area contributed by atoms with Crippen molar-refractivity contribution in [3.05, 3.63) is 0 Å². The van der Waals surface area contributed by atoms with E-state index in [1.807, 2.05) is 6.92 Å². The molecule has 0 aromatic rings. The molecule has 0 spiro atoms. The number of hydrogen-bond donors (Lipinski definition) is 3. The number of unbranched alkanes of at least 4 members (excludes halogenated alkanes) is 2. The molecular weight excluding hydrogens is 224 g/mol. The summed E-state index contributed by atoms with van der Waals surface area (Å²) in [4.78, 5) is 32.9. The summed E-state index contributed by atoms with van der Waals surface area (Å²) in [6.07, 6.45) is 3.21. The average Bonchev–Trinajstić information content (AvgIpc) is 2.26. The Kier molecular flexibility index (Phi) is 7.75. The van der Waals surface area contributed by atoms with Crippen molar-refractivity contribution in [1.29, 1.82) is 0 Å². The molecule has 0 aliphatic rings. The van der Waals surface area contributed by atoms with Crippen LogP contribution in [-0.4, -0.2) is 35.5 Å². The van der Waals surface area contributed by atoms with Gasteiger partial charge >= 0.3 is 5.97 Å². The highest BCUT2D eigenvalue weighted by Crippen LogP contribution is 1.97. The first-order chi connectivity index (χ1) is 7.97. The van der Waals surface area contributed by atoms with Gasteiger partial charge in [0.2, 0.25) is 11.8 Å². The van der Waals surface area contributed by atoms with E-state index >= 15 is 0 Å². The van der Waals surface area contributed by atoms with Crippen molar-refractivity contribution >= 4 is 17.8 Å². The Morgan fingerprint density at radius 2 is 1.82 bits per heavy atom. The number of carboxylic acid groups (broad SMARTS) is 1. The Balaban J connectivity index is 3.69. The number of carbonyl (C=O) groups is 3. The van der Waals surface area contributed by atoms with E-state index in [1.165, 1.54) is 6.92 Å². The van der Waals surface area contributed by atoms with Gasteiger partial charge in [-0.05, 0) is 13.3 Å². The van der Waals surface area contributed by atoms with Crippen LogP contribution in [0, 0.1) is 0 Å². The molecule has 1 atom stereocenters. The third kappa shape index (κ3) is 8.24. The smallest absolute Gasteiger partial charge is 0.325 e. The van der Waals surface area contributed by atoms with Gasteiger partial charge in [0.1, 0.15) is 6.04 Å². The van der Waals surface area contributed by atoms with Crippen molar-refractivity contribution in [1.82, 2.24) is 10.6 Å². The van der Waals surface area contributed by atoms with Crippen molar-refractivity contribution in [3.63, 3.8) is 0 Å². The van der Waals surface area contributed by atoms with Crippen LogP contribution in [-0.2, 0) is 14.4 Å². The molecule has 2 amide bonds. The largest absolute Gasteiger partial charge is 0.480 e. The minimum absolute atomic E-state index is 0.178. The van der Waals surface area contributed by atoms with Crippen LogP contribution in [0.15, 0.2) is 0 Å². The first kappa shape index (κ1) is 15.4. The molecule has 0 rings (SSSR count). The van der Waals surface area contributed by atoms with Gasteiger partial charge in [-0.25, -0.2) is 0 Å². The topological polar surface area (TPSA) is 95.5 Å². The van der Waals surface area contributed by atoms with Gasteiger partial charge in [-0.2, -0.15) is 0 Å². The van der Waals surface area contributed by atoms with E-state index in [9.17, 15) is 14.4 Å². The summed E-state index contributed by atoms with van der Waals surface area (Å²) in [5.74, 6) is -1.78. The van der Waals surface area contributed by atoms with E-state index in [2.05, 4.69) is 10.6 Å². The predicted molar refractivity (Wildman–Crippen MR) is 62.4 cm³/mol. The second-order valence-corrected chi connectivity index (χ2v) is 3.86. The van der Waals surface area contributed by atoms with Gasteiger partial charge in [-0.3, -0.25) is 14.4 Å². The van der Waals surface area contributed by atoms with Crippen LogP contribution < -0.4 is 10.6 Å². The first-order valence-corrected chi connectivity index (χ1v) is 5.76. The molecule has 0 aliphatic carbocycles. The lowest BCUT2D eigenvalue weighted by molar-refractivity contribution is -0.141. The summed E-state index contributed by atoms with van der Waals surface area (Å²) in [6, 6.07) is -0.945. The van der Waals surface area contributed by atoms with Crippen LogP contribution in [0.2, 0.25) is 0 Å². The zero-order valence-electron chi connectivity index (χ0n) is 10.3. The van der Waals surface area contributed by atoms with E-state index in [0.717, 1.165) is 19.3 Å². The number of aliphatic carboxylic acids is 1. The number of nitrogens with one attached hydrogen (secondary N) is 2.